The number of nitrogens with zero attached hydrogens (tertiary/aromatic N) is 3. The Morgan fingerprint density at radius 2 is 1.77 bits per heavy atom. The van der Waals surface area contributed by atoms with Crippen LogP contribution in [0, 0.1) is 0 Å². The molecule has 1 spiro atoms. The number of pyridine rings is 1. The molecule has 1 aromatic heterocycles. The van der Waals surface area contributed by atoms with Crippen LogP contribution in [0.4, 0.5) is 0 Å². The van der Waals surface area contributed by atoms with Gasteiger partial charge in [0.15, 0.2) is 0 Å². The number of sulfonamides is 1. The van der Waals surface area contributed by atoms with Gasteiger partial charge in [-0.25, -0.2) is 8.42 Å². The number of ether oxygens (including phenoxy) is 1. The number of carbonyl (C=O) groups excluding carboxylic acids is 1. The molecule has 7 nitrogen and oxygen atoms in total. The van der Waals surface area contributed by atoms with Gasteiger partial charge in [0.2, 0.25) is 10.0 Å². The van der Waals surface area contributed by atoms with Crippen molar-refractivity contribution in [3.63, 3.8) is 0 Å². The minimum Gasteiger partial charge on any atom is -0.362 e. The number of carbonyl (C=O) groups is 1. The molecular formula is C27H31N3O4S. The van der Waals surface area contributed by atoms with Gasteiger partial charge in [-0.1, -0.05) is 30.3 Å². The Balaban J connectivity index is 1.31. The zero-order chi connectivity index (χ0) is 24.6. The Morgan fingerprint density at radius 3 is 2.46 bits per heavy atom. The third-order valence-corrected chi connectivity index (χ3v) is 9.17. The van der Waals surface area contributed by atoms with Crippen LogP contribution in [0.2, 0.25) is 0 Å². The monoisotopic (exact) mass is 493 g/mol. The normalized spacial score (nSPS) is 21.5. The molecule has 2 aliphatic rings. The number of aldehydes is 1. The number of piperidine rings is 1. The van der Waals surface area contributed by atoms with E-state index in [0.717, 1.165) is 34.9 Å². The summed E-state index contributed by atoms with van der Waals surface area (Å²) in [6.07, 6.45) is 3.31. The first-order valence-electron chi connectivity index (χ1n) is 12.1. The van der Waals surface area contributed by atoms with Crippen molar-refractivity contribution in [2.45, 2.75) is 49.3 Å². The van der Waals surface area contributed by atoms with Crippen LogP contribution in [0.1, 0.15) is 26.7 Å². The van der Waals surface area contributed by atoms with E-state index in [4.69, 9.17) is 4.74 Å². The van der Waals surface area contributed by atoms with E-state index in [-0.39, 0.29) is 4.90 Å². The van der Waals surface area contributed by atoms with Crippen molar-refractivity contribution < 1.29 is 17.9 Å². The summed E-state index contributed by atoms with van der Waals surface area (Å²) < 4.78 is 34.5. The van der Waals surface area contributed by atoms with E-state index >= 15 is 0 Å². The third kappa shape index (κ3) is 4.76. The van der Waals surface area contributed by atoms with E-state index < -0.39 is 21.7 Å². The zero-order valence-electron chi connectivity index (χ0n) is 20.1. The van der Waals surface area contributed by atoms with Crippen LogP contribution in [-0.2, 0) is 19.6 Å². The van der Waals surface area contributed by atoms with Gasteiger partial charge in [-0.3, -0.25) is 9.88 Å². The van der Waals surface area contributed by atoms with Crippen LogP contribution in [0.5, 0.6) is 0 Å². The third-order valence-electron chi connectivity index (χ3n) is 7.25. The number of fused-ring (bicyclic) bond motifs is 1. The summed E-state index contributed by atoms with van der Waals surface area (Å²) in [6, 6.07) is 17.3. The van der Waals surface area contributed by atoms with Crippen molar-refractivity contribution in [2.24, 2.45) is 0 Å². The lowest BCUT2D eigenvalue weighted by Crippen LogP contribution is -2.61. The molecule has 5 rings (SSSR count). The molecule has 0 N–H and O–H groups in total. The van der Waals surface area contributed by atoms with Gasteiger partial charge in [-0.2, -0.15) is 4.31 Å². The largest absolute Gasteiger partial charge is 0.362 e. The lowest BCUT2D eigenvalue weighted by atomic mass is 9.89. The molecule has 0 saturated carbocycles. The van der Waals surface area contributed by atoms with E-state index in [1.54, 1.807) is 22.6 Å². The van der Waals surface area contributed by atoms with Gasteiger partial charge in [0.05, 0.1) is 16.0 Å². The van der Waals surface area contributed by atoms with Gasteiger partial charge >= 0.3 is 0 Å². The molecule has 3 heterocycles. The molecule has 0 aliphatic carbocycles. The second-order valence-corrected chi connectivity index (χ2v) is 11.8. The first-order chi connectivity index (χ1) is 16.8. The average Bonchev–Trinajstić information content (AvgIpc) is 2.88. The number of rotatable bonds is 5. The SMILES string of the molecule is CC(C)N1CC(C=O)OC2(CCN(S(=O)(=O)c3ccc(-c4ccc5cccnc5c4)cc3)CC2)C1. The van der Waals surface area contributed by atoms with Crippen LogP contribution in [0.3, 0.4) is 0 Å². The minimum atomic E-state index is -3.62. The van der Waals surface area contributed by atoms with E-state index in [1.807, 2.05) is 42.5 Å². The first-order valence-corrected chi connectivity index (χ1v) is 13.6. The second-order valence-electron chi connectivity index (χ2n) is 9.84. The second kappa shape index (κ2) is 9.43. The van der Waals surface area contributed by atoms with Crippen molar-refractivity contribution in [2.75, 3.05) is 26.2 Å². The highest BCUT2D eigenvalue weighted by Gasteiger charge is 2.45. The van der Waals surface area contributed by atoms with E-state index in [1.165, 1.54) is 0 Å². The number of aromatic nitrogens is 1. The predicted molar refractivity (Wildman–Crippen MR) is 136 cm³/mol. The molecule has 2 aliphatic heterocycles. The summed E-state index contributed by atoms with van der Waals surface area (Å²) in [5.41, 5.74) is 2.36. The van der Waals surface area contributed by atoms with Gasteiger partial charge in [0.1, 0.15) is 12.4 Å². The fourth-order valence-electron chi connectivity index (χ4n) is 5.15. The molecule has 2 aromatic carbocycles. The van der Waals surface area contributed by atoms with Crippen molar-refractivity contribution in [1.82, 2.24) is 14.2 Å². The summed E-state index contributed by atoms with van der Waals surface area (Å²) in [6.45, 7) is 6.27. The highest BCUT2D eigenvalue weighted by atomic mass is 32.2. The van der Waals surface area contributed by atoms with Crippen LogP contribution >= 0.6 is 0 Å². The Bertz CT molecular complexity index is 1320. The number of morpholine rings is 1. The van der Waals surface area contributed by atoms with Gasteiger partial charge in [0, 0.05) is 43.8 Å². The number of benzene rings is 2. The summed E-state index contributed by atoms with van der Waals surface area (Å²) in [5.74, 6) is 0. The van der Waals surface area contributed by atoms with Crippen molar-refractivity contribution in [3.05, 3.63) is 60.8 Å². The Hall–Kier alpha value is -2.65. The molecular weight excluding hydrogens is 462 g/mol. The van der Waals surface area contributed by atoms with Crippen molar-refractivity contribution in [1.29, 1.82) is 0 Å². The smallest absolute Gasteiger partial charge is 0.243 e. The van der Waals surface area contributed by atoms with Gasteiger partial charge in [-0.05, 0) is 62.1 Å². The molecule has 35 heavy (non-hydrogen) atoms. The lowest BCUT2D eigenvalue weighted by molar-refractivity contribution is -0.176. The molecule has 0 bridgehead atoms. The molecule has 0 amide bonds. The Morgan fingerprint density at radius 1 is 1.06 bits per heavy atom. The molecule has 1 unspecified atom stereocenters. The summed E-state index contributed by atoms with van der Waals surface area (Å²) in [4.78, 5) is 18.5. The average molecular weight is 494 g/mol. The first kappa shape index (κ1) is 24.1. The maximum absolute atomic E-state index is 13.4. The summed E-state index contributed by atoms with van der Waals surface area (Å²) in [5, 5.41) is 1.07. The molecule has 8 heteroatoms. The molecule has 2 fully saturated rings. The van der Waals surface area contributed by atoms with E-state index in [0.29, 0.717) is 38.5 Å². The van der Waals surface area contributed by atoms with Crippen LogP contribution in [0.25, 0.3) is 22.0 Å². The molecule has 1 atom stereocenters. The van der Waals surface area contributed by atoms with E-state index in [2.05, 4.69) is 23.7 Å². The predicted octanol–water partition coefficient (Wildman–Crippen LogP) is 3.73. The maximum Gasteiger partial charge on any atom is 0.243 e. The lowest BCUT2D eigenvalue weighted by Gasteiger charge is -2.49. The highest BCUT2D eigenvalue weighted by Crippen LogP contribution is 2.35. The molecule has 2 saturated heterocycles. The zero-order valence-corrected chi connectivity index (χ0v) is 20.9. The number of hydrogen-bond acceptors (Lipinski definition) is 6. The van der Waals surface area contributed by atoms with Gasteiger partial charge in [-0.15, -0.1) is 0 Å². The van der Waals surface area contributed by atoms with Gasteiger partial charge in [0.25, 0.3) is 0 Å². The molecule has 3 aromatic rings. The standard InChI is InChI=1S/C27H31N3O4S/c1-20(2)29-17-24(18-31)34-27(19-29)11-14-30(15-12-27)35(32,33)25-9-7-21(8-10-25)23-6-5-22-4-3-13-28-26(22)16-23/h3-10,13,16,18,20,24H,11-12,14-15,17,19H2,1-2H3. The van der Waals surface area contributed by atoms with Crippen molar-refractivity contribution >= 4 is 27.2 Å². The summed E-state index contributed by atoms with van der Waals surface area (Å²) in [7, 11) is -3.62. The maximum atomic E-state index is 13.4. The minimum absolute atomic E-state index is 0.287. The van der Waals surface area contributed by atoms with Gasteiger partial charge < -0.3 is 9.53 Å². The topological polar surface area (TPSA) is 79.8 Å². The van der Waals surface area contributed by atoms with Crippen LogP contribution in [-0.4, -0.2) is 72.8 Å². The molecule has 184 valence electrons. The fourth-order valence-corrected chi connectivity index (χ4v) is 6.59. The van der Waals surface area contributed by atoms with Crippen LogP contribution < -0.4 is 0 Å². The fraction of sp³-hybridized carbons (Fsp3) is 0.407. The van der Waals surface area contributed by atoms with Crippen LogP contribution in [0.15, 0.2) is 65.7 Å². The quantitative estimate of drug-likeness (QED) is 0.504. The Kier molecular flexibility index (Phi) is 6.48. The summed E-state index contributed by atoms with van der Waals surface area (Å²) >= 11 is 0. The highest BCUT2D eigenvalue weighted by molar-refractivity contribution is 7.89. The molecule has 0 radical (unpaired) electrons. The van der Waals surface area contributed by atoms with E-state index in [9.17, 15) is 13.2 Å². The number of hydrogen-bond donors (Lipinski definition) is 0. The van der Waals surface area contributed by atoms with Crippen molar-refractivity contribution in [3.8, 4) is 11.1 Å². The Labute approximate surface area is 206 Å².